The number of nitrogens with one attached hydrogen (secondary N) is 1. The lowest BCUT2D eigenvalue weighted by molar-refractivity contribution is -0.123. The topological polar surface area (TPSA) is 70.9 Å². The molecule has 0 heterocycles. The zero-order valence-electron chi connectivity index (χ0n) is 12.2. The number of phenols is 1. The van der Waals surface area contributed by atoms with E-state index in [-0.39, 0.29) is 18.3 Å². The van der Waals surface area contributed by atoms with Crippen molar-refractivity contribution in [2.45, 2.75) is 6.92 Å². The second kappa shape index (κ2) is 8.12. The number of aromatic hydroxyl groups is 1. The molecular weight excluding hydrogens is 428 g/mol. The highest BCUT2D eigenvalue weighted by Gasteiger charge is 2.05. The molecule has 5 nitrogen and oxygen atoms in total. The predicted octanol–water partition coefficient (Wildman–Crippen LogP) is 3.75. The van der Waals surface area contributed by atoms with E-state index in [0.29, 0.717) is 20.3 Å². The van der Waals surface area contributed by atoms with Crippen molar-refractivity contribution in [2.75, 3.05) is 6.61 Å². The van der Waals surface area contributed by atoms with Crippen LogP contribution in [0.1, 0.15) is 11.1 Å². The van der Waals surface area contributed by atoms with Crippen LogP contribution in [0, 0.1) is 6.92 Å². The molecule has 0 saturated heterocycles. The number of nitrogens with zero attached hydrogens (tertiary/aromatic N) is 1. The Labute approximate surface area is 150 Å². The van der Waals surface area contributed by atoms with Crippen LogP contribution in [0.2, 0.25) is 0 Å². The quantitative estimate of drug-likeness (QED) is 0.548. The summed E-state index contributed by atoms with van der Waals surface area (Å²) >= 11 is 6.45. The number of hydrazone groups is 1. The summed E-state index contributed by atoms with van der Waals surface area (Å²) in [4.78, 5) is 11.7. The molecule has 7 heteroatoms. The number of phenolic OH excluding ortho intramolecular Hbond substituents is 1. The standard InChI is InChI=1S/C16H14Br2N2O3/c1-10-3-2-4-12(5-10)23-9-15(21)20-19-8-11-6-13(17)16(22)14(18)7-11/h2-8,22H,9H2,1H3,(H,20,21)/b19-8+. The number of halogens is 2. The van der Waals surface area contributed by atoms with E-state index in [1.807, 2.05) is 25.1 Å². The van der Waals surface area contributed by atoms with Crippen molar-refractivity contribution in [3.63, 3.8) is 0 Å². The Balaban J connectivity index is 1.86. The number of ether oxygens (including phenoxy) is 1. The van der Waals surface area contributed by atoms with Gasteiger partial charge in [0, 0.05) is 0 Å². The van der Waals surface area contributed by atoms with Crippen molar-refractivity contribution in [3.8, 4) is 11.5 Å². The molecule has 0 aliphatic rings. The van der Waals surface area contributed by atoms with Gasteiger partial charge < -0.3 is 9.84 Å². The van der Waals surface area contributed by atoms with Crippen LogP contribution in [0.25, 0.3) is 0 Å². The first-order valence-electron chi connectivity index (χ1n) is 6.65. The third-order valence-corrected chi connectivity index (χ3v) is 4.01. The minimum Gasteiger partial charge on any atom is -0.506 e. The average molecular weight is 442 g/mol. The molecule has 0 aliphatic carbocycles. The molecule has 2 aromatic rings. The first-order valence-corrected chi connectivity index (χ1v) is 8.23. The highest BCUT2D eigenvalue weighted by Crippen LogP contribution is 2.32. The SMILES string of the molecule is Cc1cccc(OCC(=O)N/N=C/c2cc(Br)c(O)c(Br)c2)c1. The number of hydrogen-bond donors (Lipinski definition) is 2. The van der Waals surface area contributed by atoms with Gasteiger partial charge in [-0.3, -0.25) is 4.79 Å². The Morgan fingerprint density at radius 3 is 2.65 bits per heavy atom. The van der Waals surface area contributed by atoms with Gasteiger partial charge in [0.25, 0.3) is 5.91 Å². The predicted molar refractivity (Wildman–Crippen MR) is 95.9 cm³/mol. The van der Waals surface area contributed by atoms with Crippen LogP contribution < -0.4 is 10.2 Å². The van der Waals surface area contributed by atoms with E-state index in [2.05, 4.69) is 42.4 Å². The maximum atomic E-state index is 11.7. The summed E-state index contributed by atoms with van der Waals surface area (Å²) in [5.41, 5.74) is 4.15. The van der Waals surface area contributed by atoms with E-state index in [4.69, 9.17) is 4.74 Å². The molecule has 2 N–H and O–H groups in total. The Bertz CT molecular complexity index is 725. The fraction of sp³-hybridized carbons (Fsp3) is 0.125. The second-order valence-corrected chi connectivity index (χ2v) is 6.44. The van der Waals surface area contributed by atoms with E-state index >= 15 is 0 Å². The van der Waals surface area contributed by atoms with Crippen molar-refractivity contribution >= 4 is 44.0 Å². The van der Waals surface area contributed by atoms with Gasteiger partial charge in [0.05, 0.1) is 15.2 Å². The van der Waals surface area contributed by atoms with Gasteiger partial charge in [-0.15, -0.1) is 0 Å². The van der Waals surface area contributed by atoms with Crippen LogP contribution >= 0.6 is 31.9 Å². The zero-order chi connectivity index (χ0) is 16.8. The summed E-state index contributed by atoms with van der Waals surface area (Å²) in [5, 5.41) is 13.5. The number of benzene rings is 2. The summed E-state index contributed by atoms with van der Waals surface area (Å²) in [6, 6.07) is 10.8. The maximum Gasteiger partial charge on any atom is 0.277 e. The monoisotopic (exact) mass is 440 g/mol. The number of carbonyl (C=O) groups is 1. The van der Waals surface area contributed by atoms with Gasteiger partial charge in [0.1, 0.15) is 11.5 Å². The van der Waals surface area contributed by atoms with Crippen LogP contribution in [0.15, 0.2) is 50.4 Å². The summed E-state index contributed by atoms with van der Waals surface area (Å²) in [6.07, 6.45) is 1.47. The Kier molecular flexibility index (Phi) is 6.18. The van der Waals surface area contributed by atoms with E-state index < -0.39 is 0 Å². The lowest BCUT2D eigenvalue weighted by atomic mass is 10.2. The van der Waals surface area contributed by atoms with E-state index in [0.717, 1.165) is 5.56 Å². The lowest BCUT2D eigenvalue weighted by Crippen LogP contribution is -2.24. The molecule has 1 amide bonds. The molecule has 0 radical (unpaired) electrons. The fourth-order valence-corrected chi connectivity index (χ4v) is 2.95. The van der Waals surface area contributed by atoms with Crippen molar-refractivity contribution < 1.29 is 14.6 Å². The molecule has 0 saturated carbocycles. The van der Waals surface area contributed by atoms with Crippen LogP contribution in [0.5, 0.6) is 11.5 Å². The smallest absolute Gasteiger partial charge is 0.277 e. The fourth-order valence-electron chi connectivity index (χ4n) is 1.72. The highest BCUT2D eigenvalue weighted by atomic mass is 79.9. The van der Waals surface area contributed by atoms with Gasteiger partial charge in [0.2, 0.25) is 0 Å². The summed E-state index contributed by atoms with van der Waals surface area (Å²) in [6.45, 7) is 1.83. The van der Waals surface area contributed by atoms with Gasteiger partial charge in [0.15, 0.2) is 6.61 Å². The van der Waals surface area contributed by atoms with Gasteiger partial charge in [-0.05, 0) is 74.2 Å². The van der Waals surface area contributed by atoms with E-state index in [1.54, 1.807) is 18.2 Å². The van der Waals surface area contributed by atoms with Gasteiger partial charge >= 0.3 is 0 Å². The molecule has 23 heavy (non-hydrogen) atoms. The Morgan fingerprint density at radius 2 is 2.00 bits per heavy atom. The normalized spacial score (nSPS) is 10.7. The summed E-state index contributed by atoms with van der Waals surface area (Å²) in [7, 11) is 0. The third-order valence-electron chi connectivity index (χ3n) is 2.80. The van der Waals surface area contributed by atoms with Crippen molar-refractivity contribution in [1.29, 1.82) is 0 Å². The number of carbonyl (C=O) groups excluding carboxylic acids is 1. The maximum absolute atomic E-state index is 11.7. The molecule has 0 spiro atoms. The molecule has 0 aromatic heterocycles. The number of rotatable bonds is 5. The van der Waals surface area contributed by atoms with Crippen LogP contribution in [-0.2, 0) is 4.79 Å². The number of aryl methyl sites for hydroxylation is 1. The van der Waals surface area contributed by atoms with Crippen LogP contribution in [-0.4, -0.2) is 23.8 Å². The van der Waals surface area contributed by atoms with Gasteiger partial charge in [-0.2, -0.15) is 5.10 Å². The van der Waals surface area contributed by atoms with Crippen LogP contribution in [0.4, 0.5) is 0 Å². The third kappa shape index (κ3) is 5.37. The lowest BCUT2D eigenvalue weighted by Gasteiger charge is -2.05. The highest BCUT2D eigenvalue weighted by molar-refractivity contribution is 9.11. The number of amides is 1. The molecule has 2 aromatic carbocycles. The minimum atomic E-state index is -0.361. The summed E-state index contributed by atoms with van der Waals surface area (Å²) < 4.78 is 6.43. The molecule has 2 rings (SSSR count). The molecule has 0 bridgehead atoms. The molecule has 0 fully saturated rings. The molecule has 120 valence electrons. The molecule has 0 unspecified atom stereocenters. The molecule has 0 atom stereocenters. The molecule has 0 aliphatic heterocycles. The van der Waals surface area contributed by atoms with E-state index in [1.165, 1.54) is 6.21 Å². The first-order chi connectivity index (χ1) is 11.0. The zero-order valence-corrected chi connectivity index (χ0v) is 15.4. The Hall–Kier alpha value is -1.86. The first kappa shape index (κ1) is 17.5. The van der Waals surface area contributed by atoms with Crippen molar-refractivity contribution in [3.05, 3.63) is 56.5 Å². The van der Waals surface area contributed by atoms with Gasteiger partial charge in [-0.1, -0.05) is 12.1 Å². The Morgan fingerprint density at radius 1 is 1.30 bits per heavy atom. The average Bonchev–Trinajstić information content (AvgIpc) is 2.50. The van der Waals surface area contributed by atoms with Crippen molar-refractivity contribution in [1.82, 2.24) is 5.43 Å². The van der Waals surface area contributed by atoms with Gasteiger partial charge in [-0.25, -0.2) is 5.43 Å². The van der Waals surface area contributed by atoms with E-state index in [9.17, 15) is 9.90 Å². The second-order valence-electron chi connectivity index (χ2n) is 4.73. The minimum absolute atomic E-state index is 0.109. The van der Waals surface area contributed by atoms with Crippen molar-refractivity contribution in [2.24, 2.45) is 5.10 Å². The van der Waals surface area contributed by atoms with Crippen LogP contribution in [0.3, 0.4) is 0 Å². The summed E-state index contributed by atoms with van der Waals surface area (Å²) in [5.74, 6) is 0.382. The molecular formula is C16H14Br2N2O3. The largest absolute Gasteiger partial charge is 0.506 e. The number of hydrogen-bond acceptors (Lipinski definition) is 4.